The van der Waals surface area contributed by atoms with E-state index in [1.54, 1.807) is 18.3 Å². The van der Waals surface area contributed by atoms with Crippen LogP contribution < -0.4 is 9.64 Å². The van der Waals surface area contributed by atoms with E-state index in [1.807, 2.05) is 23.1 Å². The number of rotatable bonds is 3. The standard InChI is InChI=1S/C20H22N2O3/c1-14-10-15-4-2-3-5-18(15)22(12-14)20(23)16-6-8-21-19(11-16)25-17-7-9-24-13-17/h2-6,8,11,14,17H,7,9-10,12-13H2,1H3. The number of hydrogen-bond acceptors (Lipinski definition) is 4. The molecule has 1 aromatic carbocycles. The highest BCUT2D eigenvalue weighted by Crippen LogP contribution is 2.31. The smallest absolute Gasteiger partial charge is 0.258 e. The van der Waals surface area contributed by atoms with Crippen molar-refractivity contribution in [2.24, 2.45) is 5.92 Å². The Morgan fingerprint density at radius 1 is 1.32 bits per heavy atom. The SMILES string of the molecule is CC1Cc2ccccc2N(C(=O)c2ccnc(OC3CCOC3)c2)C1. The monoisotopic (exact) mass is 338 g/mol. The van der Waals surface area contributed by atoms with Crippen molar-refractivity contribution in [1.29, 1.82) is 0 Å². The number of anilines is 1. The van der Waals surface area contributed by atoms with Crippen molar-refractivity contribution in [3.05, 3.63) is 53.7 Å². The van der Waals surface area contributed by atoms with Gasteiger partial charge in [0, 0.05) is 36.5 Å². The third-order valence-electron chi connectivity index (χ3n) is 4.75. The van der Waals surface area contributed by atoms with Gasteiger partial charge in [0.05, 0.1) is 13.2 Å². The predicted molar refractivity (Wildman–Crippen MR) is 95.1 cm³/mol. The van der Waals surface area contributed by atoms with Crippen molar-refractivity contribution in [2.45, 2.75) is 25.9 Å². The Morgan fingerprint density at radius 3 is 3.04 bits per heavy atom. The fourth-order valence-electron chi connectivity index (χ4n) is 3.53. The fourth-order valence-corrected chi connectivity index (χ4v) is 3.53. The average molecular weight is 338 g/mol. The maximum atomic E-state index is 13.1. The van der Waals surface area contributed by atoms with Gasteiger partial charge in [0.25, 0.3) is 5.91 Å². The van der Waals surface area contributed by atoms with Crippen LogP contribution in [0.3, 0.4) is 0 Å². The number of carbonyl (C=O) groups is 1. The molecule has 2 aliphatic heterocycles. The average Bonchev–Trinajstić information content (AvgIpc) is 3.13. The van der Waals surface area contributed by atoms with Crippen molar-refractivity contribution in [3.63, 3.8) is 0 Å². The van der Waals surface area contributed by atoms with E-state index in [1.165, 1.54) is 5.56 Å². The van der Waals surface area contributed by atoms with E-state index in [-0.39, 0.29) is 12.0 Å². The Labute approximate surface area is 147 Å². The maximum absolute atomic E-state index is 13.1. The molecule has 1 aromatic heterocycles. The number of carbonyl (C=O) groups excluding carboxylic acids is 1. The summed E-state index contributed by atoms with van der Waals surface area (Å²) >= 11 is 0. The highest BCUT2D eigenvalue weighted by molar-refractivity contribution is 6.06. The first-order valence-corrected chi connectivity index (χ1v) is 8.81. The molecule has 130 valence electrons. The summed E-state index contributed by atoms with van der Waals surface area (Å²) in [5, 5.41) is 0. The third kappa shape index (κ3) is 3.37. The van der Waals surface area contributed by atoms with Crippen LogP contribution in [-0.2, 0) is 11.2 Å². The lowest BCUT2D eigenvalue weighted by Crippen LogP contribution is -2.39. The second-order valence-corrected chi connectivity index (χ2v) is 6.84. The van der Waals surface area contributed by atoms with Gasteiger partial charge in [0.15, 0.2) is 0 Å². The summed E-state index contributed by atoms with van der Waals surface area (Å²) in [6, 6.07) is 11.6. The zero-order chi connectivity index (χ0) is 17.2. The van der Waals surface area contributed by atoms with Gasteiger partial charge in [-0.1, -0.05) is 25.1 Å². The molecule has 0 spiro atoms. The number of para-hydroxylation sites is 1. The molecule has 0 aliphatic carbocycles. The van der Waals surface area contributed by atoms with Gasteiger partial charge < -0.3 is 14.4 Å². The maximum Gasteiger partial charge on any atom is 0.258 e. The molecule has 0 bridgehead atoms. The van der Waals surface area contributed by atoms with Crippen LogP contribution in [0.1, 0.15) is 29.3 Å². The van der Waals surface area contributed by atoms with E-state index < -0.39 is 0 Å². The van der Waals surface area contributed by atoms with Gasteiger partial charge in [-0.25, -0.2) is 4.98 Å². The molecular formula is C20H22N2O3. The first kappa shape index (κ1) is 16.1. The van der Waals surface area contributed by atoms with Crippen LogP contribution in [0.25, 0.3) is 0 Å². The Kier molecular flexibility index (Phi) is 4.40. The van der Waals surface area contributed by atoms with Crippen molar-refractivity contribution in [2.75, 3.05) is 24.7 Å². The van der Waals surface area contributed by atoms with Gasteiger partial charge in [0.1, 0.15) is 6.10 Å². The Bertz CT molecular complexity index is 771. The summed E-state index contributed by atoms with van der Waals surface area (Å²) in [4.78, 5) is 19.2. The van der Waals surface area contributed by atoms with E-state index in [2.05, 4.69) is 18.0 Å². The van der Waals surface area contributed by atoms with Gasteiger partial charge in [-0.05, 0) is 30.0 Å². The van der Waals surface area contributed by atoms with E-state index in [0.29, 0.717) is 30.6 Å². The molecule has 5 nitrogen and oxygen atoms in total. The van der Waals surface area contributed by atoms with E-state index in [0.717, 1.165) is 25.1 Å². The quantitative estimate of drug-likeness (QED) is 0.863. The summed E-state index contributed by atoms with van der Waals surface area (Å²) < 4.78 is 11.2. The summed E-state index contributed by atoms with van der Waals surface area (Å²) in [6.07, 6.45) is 3.52. The first-order chi connectivity index (χ1) is 12.2. The van der Waals surface area contributed by atoms with Crippen molar-refractivity contribution in [1.82, 2.24) is 4.98 Å². The number of benzene rings is 1. The highest BCUT2D eigenvalue weighted by atomic mass is 16.5. The molecule has 3 heterocycles. The normalized spacial score (nSPS) is 22.5. The van der Waals surface area contributed by atoms with Crippen LogP contribution in [0, 0.1) is 5.92 Å². The molecule has 1 saturated heterocycles. The van der Waals surface area contributed by atoms with E-state index in [4.69, 9.17) is 9.47 Å². The van der Waals surface area contributed by atoms with Crippen LogP contribution in [0.4, 0.5) is 5.69 Å². The molecule has 2 atom stereocenters. The van der Waals surface area contributed by atoms with Crippen molar-refractivity contribution in [3.8, 4) is 5.88 Å². The van der Waals surface area contributed by atoms with Crippen LogP contribution in [0.5, 0.6) is 5.88 Å². The van der Waals surface area contributed by atoms with Gasteiger partial charge in [-0.15, -0.1) is 0 Å². The van der Waals surface area contributed by atoms with Gasteiger partial charge in [-0.2, -0.15) is 0 Å². The second-order valence-electron chi connectivity index (χ2n) is 6.84. The van der Waals surface area contributed by atoms with Gasteiger partial charge in [-0.3, -0.25) is 4.79 Å². The number of amides is 1. The number of ether oxygens (including phenoxy) is 2. The number of aromatic nitrogens is 1. The molecule has 1 fully saturated rings. The highest BCUT2D eigenvalue weighted by Gasteiger charge is 2.27. The summed E-state index contributed by atoms with van der Waals surface area (Å²) in [5.41, 5.74) is 2.84. The van der Waals surface area contributed by atoms with Crippen LogP contribution in [0.2, 0.25) is 0 Å². The molecule has 5 heteroatoms. The topological polar surface area (TPSA) is 51.7 Å². The number of pyridine rings is 1. The fraction of sp³-hybridized carbons (Fsp3) is 0.400. The lowest BCUT2D eigenvalue weighted by atomic mass is 9.93. The number of nitrogens with zero attached hydrogens (tertiary/aromatic N) is 2. The number of hydrogen-bond donors (Lipinski definition) is 0. The third-order valence-corrected chi connectivity index (χ3v) is 4.75. The van der Waals surface area contributed by atoms with E-state index >= 15 is 0 Å². The van der Waals surface area contributed by atoms with Crippen molar-refractivity contribution < 1.29 is 14.3 Å². The van der Waals surface area contributed by atoms with Gasteiger partial charge in [0.2, 0.25) is 5.88 Å². The van der Waals surface area contributed by atoms with Gasteiger partial charge >= 0.3 is 0 Å². The predicted octanol–water partition coefficient (Wildman–Crippen LogP) is 3.09. The minimum absolute atomic E-state index is 0.00563. The van der Waals surface area contributed by atoms with Crippen LogP contribution in [0.15, 0.2) is 42.6 Å². The molecule has 4 rings (SSSR count). The first-order valence-electron chi connectivity index (χ1n) is 8.81. The Morgan fingerprint density at radius 2 is 2.20 bits per heavy atom. The molecule has 2 aromatic rings. The molecule has 1 amide bonds. The van der Waals surface area contributed by atoms with E-state index in [9.17, 15) is 4.79 Å². The molecule has 0 saturated carbocycles. The molecular weight excluding hydrogens is 316 g/mol. The zero-order valence-corrected chi connectivity index (χ0v) is 14.4. The minimum atomic E-state index is -0.00563. The summed E-state index contributed by atoms with van der Waals surface area (Å²) in [6.45, 7) is 4.20. The lowest BCUT2D eigenvalue weighted by molar-refractivity contribution is 0.0979. The molecule has 2 aliphatic rings. The second kappa shape index (κ2) is 6.84. The molecule has 0 radical (unpaired) electrons. The van der Waals surface area contributed by atoms with Crippen LogP contribution in [-0.4, -0.2) is 36.8 Å². The molecule has 0 N–H and O–H groups in total. The lowest BCUT2D eigenvalue weighted by Gasteiger charge is -2.33. The van der Waals surface area contributed by atoms with Crippen LogP contribution >= 0.6 is 0 Å². The Hall–Kier alpha value is -2.40. The van der Waals surface area contributed by atoms with Crippen molar-refractivity contribution >= 4 is 11.6 Å². The Balaban J connectivity index is 1.58. The molecule has 2 unspecified atom stereocenters. The largest absolute Gasteiger partial charge is 0.472 e. The minimum Gasteiger partial charge on any atom is -0.472 e. The summed E-state index contributed by atoms with van der Waals surface area (Å²) in [7, 11) is 0. The molecule has 25 heavy (non-hydrogen) atoms. The number of fused-ring (bicyclic) bond motifs is 1. The summed E-state index contributed by atoms with van der Waals surface area (Å²) in [5.74, 6) is 0.917. The zero-order valence-electron chi connectivity index (χ0n) is 14.4.